The number of fused-ring (bicyclic) bond motifs is 6. The molecule has 0 spiro atoms. The van der Waals surface area contributed by atoms with Gasteiger partial charge in [-0.05, 0) is 37.5 Å². The van der Waals surface area contributed by atoms with Gasteiger partial charge in [-0.1, -0.05) is 12.1 Å². The van der Waals surface area contributed by atoms with Gasteiger partial charge in [-0.25, -0.2) is 9.50 Å². The van der Waals surface area contributed by atoms with Crippen molar-refractivity contribution in [2.75, 3.05) is 25.1 Å². The van der Waals surface area contributed by atoms with E-state index in [2.05, 4.69) is 60.9 Å². The van der Waals surface area contributed by atoms with Crippen molar-refractivity contribution in [2.24, 2.45) is 0 Å². The maximum Gasteiger partial charge on any atom is 0.155 e. The zero-order valence-corrected chi connectivity index (χ0v) is 16.5. The Balaban J connectivity index is 1.40. The summed E-state index contributed by atoms with van der Waals surface area (Å²) in [6, 6.07) is 11.8. The fourth-order valence-corrected chi connectivity index (χ4v) is 4.89. The Morgan fingerprint density at radius 2 is 2.04 bits per heavy atom. The van der Waals surface area contributed by atoms with Crippen LogP contribution in [0.5, 0.6) is 0 Å². The normalized spacial score (nSPS) is 21.2. The molecule has 146 valence electrons. The van der Waals surface area contributed by atoms with E-state index >= 15 is 0 Å². The van der Waals surface area contributed by atoms with Gasteiger partial charge in [0.1, 0.15) is 0 Å². The molecule has 0 radical (unpaired) electrons. The minimum atomic E-state index is 0.172. The number of aromatic nitrogens is 3. The standard InChI is InChI=1S/C22H27N5O/c1-15-11-22-23-13-19-20-8-7-18(12-21(19)27(22)24-15)26(20)14-16-3-5-17(6-4-16)25(2)9-10-28/h3-6,11,13,18,20,28H,7-10,12,14H2,1-2H3/t18-,20-/m0/s1. The lowest BCUT2D eigenvalue weighted by atomic mass is 9.98. The van der Waals surface area contributed by atoms with E-state index in [1.165, 1.54) is 29.7 Å². The highest BCUT2D eigenvalue weighted by Gasteiger charge is 2.41. The Labute approximate surface area is 165 Å². The van der Waals surface area contributed by atoms with Gasteiger partial charge in [0.05, 0.1) is 18.0 Å². The second-order valence-corrected chi connectivity index (χ2v) is 8.15. The van der Waals surface area contributed by atoms with Crippen LogP contribution in [0.4, 0.5) is 5.69 Å². The van der Waals surface area contributed by atoms with E-state index in [1.54, 1.807) is 0 Å². The van der Waals surface area contributed by atoms with Crippen molar-refractivity contribution in [3.63, 3.8) is 0 Å². The van der Waals surface area contributed by atoms with E-state index in [0.29, 0.717) is 18.6 Å². The molecule has 6 nitrogen and oxygen atoms in total. The highest BCUT2D eigenvalue weighted by molar-refractivity contribution is 5.47. The first-order valence-electron chi connectivity index (χ1n) is 10.1. The molecule has 0 saturated carbocycles. The largest absolute Gasteiger partial charge is 0.395 e. The number of hydrogen-bond donors (Lipinski definition) is 1. The molecule has 0 unspecified atom stereocenters. The summed E-state index contributed by atoms with van der Waals surface area (Å²) in [6.07, 6.45) is 5.56. The quantitative estimate of drug-likeness (QED) is 0.741. The van der Waals surface area contributed by atoms with Gasteiger partial charge < -0.3 is 10.0 Å². The Morgan fingerprint density at radius 3 is 2.82 bits per heavy atom. The SMILES string of the molecule is Cc1cc2ncc3c(n2n1)C[C@@H]1CC[C@@H]3N1Cc1ccc(N(C)CCO)cc1. The number of anilines is 1. The molecule has 2 bridgehead atoms. The average molecular weight is 377 g/mol. The number of hydrogen-bond acceptors (Lipinski definition) is 5. The van der Waals surface area contributed by atoms with Gasteiger partial charge in [0.2, 0.25) is 0 Å². The first-order chi connectivity index (χ1) is 13.6. The summed E-state index contributed by atoms with van der Waals surface area (Å²) in [5, 5.41) is 13.8. The molecular weight excluding hydrogens is 350 g/mol. The van der Waals surface area contributed by atoms with Gasteiger partial charge >= 0.3 is 0 Å². The molecule has 2 aromatic heterocycles. The van der Waals surface area contributed by atoms with E-state index in [0.717, 1.165) is 30.0 Å². The van der Waals surface area contributed by atoms with E-state index in [-0.39, 0.29) is 6.61 Å². The summed E-state index contributed by atoms with van der Waals surface area (Å²) >= 11 is 0. The lowest BCUT2D eigenvalue weighted by Gasteiger charge is -2.36. The first kappa shape index (κ1) is 17.6. The number of benzene rings is 1. The Bertz CT molecular complexity index is 996. The minimum Gasteiger partial charge on any atom is -0.395 e. The van der Waals surface area contributed by atoms with Crippen LogP contribution in [0.25, 0.3) is 5.65 Å². The summed E-state index contributed by atoms with van der Waals surface area (Å²) < 4.78 is 2.07. The van der Waals surface area contributed by atoms with Crippen LogP contribution >= 0.6 is 0 Å². The molecule has 1 fully saturated rings. The van der Waals surface area contributed by atoms with Gasteiger partial charge in [-0.15, -0.1) is 0 Å². The molecule has 0 amide bonds. The van der Waals surface area contributed by atoms with Crippen molar-refractivity contribution in [2.45, 2.75) is 44.8 Å². The Hall–Kier alpha value is -2.44. The van der Waals surface area contributed by atoms with E-state index in [9.17, 15) is 0 Å². The van der Waals surface area contributed by atoms with Crippen LogP contribution in [0.15, 0.2) is 36.5 Å². The molecule has 4 heterocycles. The third-order valence-corrected chi connectivity index (χ3v) is 6.35. The molecule has 2 aliphatic rings. The van der Waals surface area contributed by atoms with Crippen LogP contribution in [0.3, 0.4) is 0 Å². The molecule has 0 aliphatic carbocycles. The molecule has 2 aliphatic heterocycles. The molecule has 2 atom stereocenters. The van der Waals surface area contributed by atoms with Gasteiger partial charge in [-0.2, -0.15) is 5.10 Å². The molecule has 1 saturated heterocycles. The summed E-state index contributed by atoms with van der Waals surface area (Å²) in [5.74, 6) is 0. The predicted molar refractivity (Wildman–Crippen MR) is 110 cm³/mol. The predicted octanol–water partition coefficient (Wildman–Crippen LogP) is 2.73. The molecule has 6 heteroatoms. The van der Waals surface area contributed by atoms with Crippen molar-refractivity contribution in [1.82, 2.24) is 19.5 Å². The fraction of sp³-hybridized carbons (Fsp3) is 0.455. The maximum atomic E-state index is 9.12. The van der Waals surface area contributed by atoms with Crippen LogP contribution < -0.4 is 4.90 Å². The lowest BCUT2D eigenvalue weighted by Crippen LogP contribution is -2.38. The summed E-state index contributed by atoms with van der Waals surface area (Å²) in [6.45, 7) is 3.83. The molecule has 1 N–H and O–H groups in total. The first-order valence-corrected chi connectivity index (χ1v) is 10.1. The van der Waals surface area contributed by atoms with Crippen molar-refractivity contribution >= 4 is 11.3 Å². The van der Waals surface area contributed by atoms with E-state index < -0.39 is 0 Å². The monoisotopic (exact) mass is 377 g/mol. The number of likely N-dealkylation sites (N-methyl/N-ethyl adjacent to an activating group) is 1. The number of aryl methyl sites for hydroxylation is 1. The topological polar surface area (TPSA) is 56.9 Å². The molecule has 1 aromatic carbocycles. The van der Waals surface area contributed by atoms with E-state index in [4.69, 9.17) is 5.11 Å². The summed E-state index contributed by atoms with van der Waals surface area (Å²) in [5.41, 5.74) is 7.18. The smallest absolute Gasteiger partial charge is 0.155 e. The van der Waals surface area contributed by atoms with Crippen molar-refractivity contribution in [3.05, 3.63) is 59.0 Å². The van der Waals surface area contributed by atoms with Crippen LogP contribution in [0, 0.1) is 6.92 Å². The highest BCUT2D eigenvalue weighted by atomic mass is 16.3. The molecular formula is C22H27N5O. The van der Waals surface area contributed by atoms with Crippen LogP contribution in [0.2, 0.25) is 0 Å². The van der Waals surface area contributed by atoms with Crippen molar-refractivity contribution < 1.29 is 5.11 Å². The minimum absolute atomic E-state index is 0.172. The van der Waals surface area contributed by atoms with Gasteiger partial charge in [0.15, 0.2) is 5.65 Å². The maximum absolute atomic E-state index is 9.12. The highest BCUT2D eigenvalue weighted by Crippen LogP contribution is 2.44. The van der Waals surface area contributed by atoms with Crippen LogP contribution in [-0.4, -0.2) is 50.8 Å². The van der Waals surface area contributed by atoms with Gasteiger partial charge in [-0.3, -0.25) is 4.90 Å². The van der Waals surface area contributed by atoms with Gasteiger partial charge in [0, 0.05) is 62.2 Å². The number of aliphatic hydroxyl groups excluding tert-OH is 1. The molecule has 3 aromatic rings. The zero-order chi connectivity index (χ0) is 19.3. The summed E-state index contributed by atoms with van der Waals surface area (Å²) in [7, 11) is 2.01. The van der Waals surface area contributed by atoms with Gasteiger partial charge in [0.25, 0.3) is 0 Å². The summed E-state index contributed by atoms with van der Waals surface area (Å²) in [4.78, 5) is 9.40. The average Bonchev–Trinajstić information content (AvgIpc) is 3.20. The second kappa shape index (κ2) is 6.87. The number of aliphatic hydroxyl groups is 1. The third-order valence-electron chi connectivity index (χ3n) is 6.35. The fourth-order valence-electron chi connectivity index (χ4n) is 4.89. The number of rotatable bonds is 5. The third kappa shape index (κ3) is 2.88. The Kier molecular flexibility index (Phi) is 4.33. The van der Waals surface area contributed by atoms with E-state index in [1.807, 2.05) is 14.0 Å². The van der Waals surface area contributed by atoms with Crippen LogP contribution in [0.1, 0.15) is 41.4 Å². The van der Waals surface area contributed by atoms with Crippen molar-refractivity contribution in [1.29, 1.82) is 0 Å². The molecule has 5 rings (SSSR count). The van der Waals surface area contributed by atoms with Crippen molar-refractivity contribution in [3.8, 4) is 0 Å². The number of nitrogens with zero attached hydrogens (tertiary/aromatic N) is 5. The van der Waals surface area contributed by atoms with Crippen LogP contribution in [-0.2, 0) is 13.0 Å². The Morgan fingerprint density at radius 1 is 1.21 bits per heavy atom. The zero-order valence-electron chi connectivity index (χ0n) is 16.5. The lowest BCUT2D eigenvalue weighted by molar-refractivity contribution is 0.165. The second-order valence-electron chi connectivity index (χ2n) is 8.15. The molecule has 28 heavy (non-hydrogen) atoms.